The van der Waals surface area contributed by atoms with Gasteiger partial charge in [0, 0.05) is 19.6 Å². The molecule has 2 aromatic carbocycles. The molecule has 5 rings (SSSR count). The number of likely N-dealkylation sites (tertiary alicyclic amines) is 1. The van der Waals surface area contributed by atoms with Crippen LogP contribution in [0.1, 0.15) is 60.8 Å². The molecule has 3 unspecified atom stereocenters. The van der Waals surface area contributed by atoms with Crippen LogP contribution in [0.15, 0.2) is 42.5 Å². The predicted molar refractivity (Wildman–Crippen MR) is 127 cm³/mol. The Morgan fingerprint density at radius 2 is 1.75 bits per heavy atom. The molecule has 1 saturated carbocycles. The lowest BCUT2D eigenvalue weighted by Crippen LogP contribution is -2.28. The average Bonchev–Trinajstić information content (AvgIpc) is 3.35. The van der Waals surface area contributed by atoms with Crippen LogP contribution in [0.2, 0.25) is 0 Å². The van der Waals surface area contributed by atoms with Crippen molar-refractivity contribution in [1.82, 2.24) is 9.80 Å². The van der Waals surface area contributed by atoms with Crippen molar-refractivity contribution < 1.29 is 9.13 Å². The van der Waals surface area contributed by atoms with Gasteiger partial charge < -0.3 is 9.64 Å². The molecule has 4 heteroatoms. The molecule has 0 N–H and O–H groups in total. The summed E-state index contributed by atoms with van der Waals surface area (Å²) in [6.45, 7) is 5.22. The molecule has 3 aliphatic rings. The maximum atomic E-state index is 13.7. The summed E-state index contributed by atoms with van der Waals surface area (Å²) >= 11 is 0. The third-order valence-corrected chi connectivity index (χ3v) is 7.98. The number of hydrogen-bond acceptors (Lipinski definition) is 3. The van der Waals surface area contributed by atoms with Crippen LogP contribution in [-0.2, 0) is 23.5 Å². The average molecular weight is 437 g/mol. The Kier molecular flexibility index (Phi) is 6.37. The third-order valence-electron chi connectivity index (χ3n) is 7.98. The topological polar surface area (TPSA) is 15.7 Å². The summed E-state index contributed by atoms with van der Waals surface area (Å²) in [5.41, 5.74) is 4.55. The van der Waals surface area contributed by atoms with Crippen molar-refractivity contribution in [3.8, 4) is 0 Å². The molecule has 0 spiro atoms. The molecule has 2 aromatic rings. The monoisotopic (exact) mass is 436 g/mol. The molecule has 1 aliphatic carbocycles. The molecule has 2 heterocycles. The quantitative estimate of drug-likeness (QED) is 0.565. The molecule has 0 radical (unpaired) electrons. The van der Waals surface area contributed by atoms with Crippen LogP contribution in [0.4, 0.5) is 4.39 Å². The van der Waals surface area contributed by atoms with Crippen LogP contribution in [0.3, 0.4) is 0 Å². The molecule has 3 atom stereocenters. The van der Waals surface area contributed by atoms with Crippen LogP contribution < -0.4 is 0 Å². The molecular formula is C28H37FN2O. The van der Waals surface area contributed by atoms with E-state index in [1.54, 1.807) is 12.1 Å². The number of benzene rings is 2. The SMILES string of the molecule is CN(C)CCCC1(c2ccc(F)cc2)OCc2cc(CN3CC4CCCCC4C3)ccc21. The summed E-state index contributed by atoms with van der Waals surface area (Å²) in [7, 11) is 4.21. The van der Waals surface area contributed by atoms with Crippen LogP contribution in [0, 0.1) is 17.7 Å². The van der Waals surface area contributed by atoms with E-state index in [2.05, 4.69) is 42.1 Å². The smallest absolute Gasteiger partial charge is 0.123 e. The molecule has 2 fully saturated rings. The summed E-state index contributed by atoms with van der Waals surface area (Å²) in [6, 6.07) is 13.9. The molecule has 0 amide bonds. The van der Waals surface area contributed by atoms with E-state index in [-0.39, 0.29) is 5.82 Å². The highest BCUT2D eigenvalue weighted by Gasteiger charge is 2.41. The van der Waals surface area contributed by atoms with Gasteiger partial charge in [-0.25, -0.2) is 4.39 Å². The van der Waals surface area contributed by atoms with E-state index in [9.17, 15) is 4.39 Å². The van der Waals surface area contributed by atoms with Crippen LogP contribution in [0.5, 0.6) is 0 Å². The minimum atomic E-state index is -0.472. The Hall–Kier alpha value is -1.75. The minimum absolute atomic E-state index is 0.197. The van der Waals surface area contributed by atoms with Crippen molar-refractivity contribution >= 4 is 0 Å². The first-order valence-corrected chi connectivity index (χ1v) is 12.4. The van der Waals surface area contributed by atoms with Gasteiger partial charge in [0.15, 0.2) is 0 Å². The third kappa shape index (κ3) is 4.37. The van der Waals surface area contributed by atoms with Crippen LogP contribution in [-0.4, -0.2) is 43.5 Å². The van der Waals surface area contributed by atoms with Crippen molar-refractivity contribution in [2.75, 3.05) is 33.7 Å². The van der Waals surface area contributed by atoms with E-state index in [1.165, 1.54) is 55.5 Å². The number of fused-ring (bicyclic) bond motifs is 2. The maximum absolute atomic E-state index is 13.7. The first kappa shape index (κ1) is 22.1. The van der Waals surface area contributed by atoms with Gasteiger partial charge in [-0.15, -0.1) is 0 Å². The van der Waals surface area contributed by atoms with E-state index in [4.69, 9.17) is 4.74 Å². The highest BCUT2D eigenvalue weighted by Crippen LogP contribution is 2.46. The zero-order valence-electron chi connectivity index (χ0n) is 19.7. The molecule has 172 valence electrons. The lowest BCUT2D eigenvalue weighted by atomic mass is 9.81. The van der Waals surface area contributed by atoms with Crippen molar-refractivity contribution in [2.24, 2.45) is 11.8 Å². The molecule has 0 bridgehead atoms. The molecule has 3 nitrogen and oxygen atoms in total. The number of rotatable bonds is 7. The highest BCUT2D eigenvalue weighted by molar-refractivity contribution is 5.45. The number of hydrogen-bond donors (Lipinski definition) is 0. The molecule has 2 aliphatic heterocycles. The van der Waals surface area contributed by atoms with Gasteiger partial charge in [0.05, 0.1) is 6.61 Å². The number of nitrogens with zero attached hydrogens (tertiary/aromatic N) is 2. The second-order valence-electron chi connectivity index (χ2n) is 10.5. The van der Waals surface area contributed by atoms with Gasteiger partial charge in [0.25, 0.3) is 0 Å². The van der Waals surface area contributed by atoms with E-state index in [0.29, 0.717) is 6.61 Å². The maximum Gasteiger partial charge on any atom is 0.123 e. The minimum Gasteiger partial charge on any atom is -0.361 e. The standard InChI is InChI=1S/C28H37FN2O/c1-30(2)15-5-14-28(25-9-11-26(29)12-10-25)27-13-8-21(16-24(27)20-32-28)17-31-18-22-6-3-4-7-23(22)19-31/h8-13,16,22-23H,3-7,14-15,17-20H2,1-2H3. The fourth-order valence-corrected chi connectivity index (χ4v) is 6.38. The van der Waals surface area contributed by atoms with Crippen molar-refractivity contribution in [2.45, 2.75) is 57.3 Å². The largest absolute Gasteiger partial charge is 0.361 e. The lowest BCUT2D eigenvalue weighted by Gasteiger charge is -2.31. The van der Waals surface area contributed by atoms with Crippen LogP contribution >= 0.6 is 0 Å². The summed E-state index contributed by atoms with van der Waals surface area (Å²) in [6.07, 6.45) is 7.62. The molecule has 32 heavy (non-hydrogen) atoms. The van der Waals surface area contributed by atoms with Gasteiger partial charge >= 0.3 is 0 Å². The van der Waals surface area contributed by atoms with Gasteiger partial charge in [-0.3, -0.25) is 4.90 Å². The van der Waals surface area contributed by atoms with Gasteiger partial charge in [-0.2, -0.15) is 0 Å². The first-order valence-electron chi connectivity index (χ1n) is 12.4. The predicted octanol–water partition coefficient (Wildman–Crippen LogP) is 5.56. The zero-order chi connectivity index (χ0) is 22.1. The molecule has 1 saturated heterocycles. The zero-order valence-corrected chi connectivity index (χ0v) is 19.7. The van der Waals surface area contributed by atoms with E-state index in [1.807, 2.05) is 12.1 Å². The van der Waals surface area contributed by atoms with Crippen molar-refractivity contribution in [3.05, 3.63) is 70.5 Å². The summed E-state index contributed by atoms with van der Waals surface area (Å²) in [5.74, 6) is 1.64. The lowest BCUT2D eigenvalue weighted by molar-refractivity contribution is -0.0140. The van der Waals surface area contributed by atoms with Gasteiger partial charge in [-0.1, -0.05) is 43.2 Å². The summed E-state index contributed by atoms with van der Waals surface area (Å²) < 4.78 is 20.2. The Morgan fingerprint density at radius 3 is 2.44 bits per heavy atom. The second kappa shape index (κ2) is 9.24. The summed E-state index contributed by atoms with van der Waals surface area (Å²) in [5, 5.41) is 0. The van der Waals surface area contributed by atoms with Gasteiger partial charge in [0.2, 0.25) is 0 Å². The fourth-order valence-electron chi connectivity index (χ4n) is 6.38. The Labute approximate surface area is 192 Å². The molecule has 0 aromatic heterocycles. The first-order chi connectivity index (χ1) is 15.5. The van der Waals surface area contributed by atoms with E-state index < -0.39 is 5.60 Å². The number of ether oxygens (including phenoxy) is 1. The van der Waals surface area contributed by atoms with Crippen molar-refractivity contribution in [3.63, 3.8) is 0 Å². The van der Waals surface area contributed by atoms with Gasteiger partial charge in [-0.05, 0) is 92.5 Å². The van der Waals surface area contributed by atoms with Crippen LogP contribution in [0.25, 0.3) is 0 Å². The second-order valence-corrected chi connectivity index (χ2v) is 10.5. The normalized spacial score (nSPS) is 27.6. The molecular weight excluding hydrogens is 399 g/mol. The van der Waals surface area contributed by atoms with Crippen molar-refractivity contribution in [1.29, 1.82) is 0 Å². The Morgan fingerprint density at radius 1 is 1.03 bits per heavy atom. The fraction of sp³-hybridized carbons (Fsp3) is 0.571. The Bertz CT molecular complexity index is 914. The van der Waals surface area contributed by atoms with E-state index >= 15 is 0 Å². The highest BCUT2D eigenvalue weighted by atomic mass is 19.1. The van der Waals surface area contributed by atoms with E-state index in [0.717, 1.165) is 43.3 Å². The van der Waals surface area contributed by atoms with Gasteiger partial charge in [0.1, 0.15) is 11.4 Å². The summed E-state index contributed by atoms with van der Waals surface area (Å²) in [4.78, 5) is 4.88. The number of halogens is 1. The Balaban J connectivity index is 1.37.